The number of aliphatic carboxylic acids is 1. The van der Waals surface area contributed by atoms with Crippen LogP contribution < -0.4 is 27.4 Å². The summed E-state index contributed by atoms with van der Waals surface area (Å²) in [6, 6.07) is -5.78. The fourth-order valence-corrected chi connectivity index (χ4v) is 8.83. The molecular formula is C37H58N10O12. The predicted molar refractivity (Wildman–Crippen MR) is 204 cm³/mol. The van der Waals surface area contributed by atoms with E-state index in [4.69, 9.17) is 16.6 Å². The number of likely N-dealkylation sites (tertiary alicyclic amines) is 5. The number of rotatable bonds is 16. The molecule has 0 bridgehead atoms. The maximum absolute atomic E-state index is 13.9. The highest BCUT2D eigenvalue weighted by Gasteiger charge is 2.47. The number of nitrogens with two attached hydrogens (primary N) is 2. The van der Waals surface area contributed by atoms with Crippen molar-refractivity contribution in [3.63, 3.8) is 0 Å². The van der Waals surface area contributed by atoms with Crippen LogP contribution in [0.15, 0.2) is 0 Å². The number of carboxylic acid groups (broad SMARTS) is 1. The van der Waals surface area contributed by atoms with Crippen LogP contribution in [0.25, 0.3) is 0 Å². The molecule has 22 heteroatoms. The first kappa shape index (κ1) is 45.2. The molecule has 0 aromatic carbocycles. The van der Waals surface area contributed by atoms with E-state index in [0.29, 0.717) is 58.0 Å². The minimum atomic E-state index is -1.25. The molecule has 5 fully saturated rings. The number of hydrogen-bond donors (Lipinski definition) is 8. The van der Waals surface area contributed by atoms with Crippen molar-refractivity contribution >= 4 is 53.2 Å². The molecule has 5 aliphatic heterocycles. The fraction of sp³-hybridized carbons (Fsp3) is 0.757. The molecule has 10 N–H and O–H groups in total. The van der Waals surface area contributed by atoms with Gasteiger partial charge in [-0.15, -0.1) is 0 Å². The third-order valence-electron chi connectivity index (χ3n) is 11.8. The topological polar surface area (TPSA) is 319 Å². The highest BCUT2D eigenvalue weighted by molar-refractivity contribution is 5.97. The summed E-state index contributed by atoms with van der Waals surface area (Å²) in [4.78, 5) is 124. The van der Waals surface area contributed by atoms with Crippen LogP contribution in [0.4, 0.5) is 0 Å². The minimum Gasteiger partial charge on any atom is -0.480 e. The summed E-state index contributed by atoms with van der Waals surface area (Å²) < 4.78 is 0. The summed E-state index contributed by atoms with van der Waals surface area (Å²) in [5.41, 5.74) is 11.6. The van der Waals surface area contributed by atoms with Crippen molar-refractivity contribution in [1.82, 2.24) is 40.4 Å². The predicted octanol–water partition coefficient (Wildman–Crippen LogP) is -5.23. The minimum absolute atomic E-state index is 0.0966. The van der Waals surface area contributed by atoms with Gasteiger partial charge in [0.2, 0.25) is 47.3 Å². The lowest BCUT2D eigenvalue weighted by atomic mass is 10.1. The van der Waals surface area contributed by atoms with E-state index in [2.05, 4.69) is 16.0 Å². The Bertz CT molecular complexity index is 1630. The first-order chi connectivity index (χ1) is 28.1. The normalized spacial score (nSPS) is 27.2. The van der Waals surface area contributed by atoms with Crippen LogP contribution in [0.5, 0.6) is 0 Å². The number of aliphatic hydroxyl groups excluding tert-OH is 2. The maximum Gasteiger partial charge on any atom is 0.322 e. The van der Waals surface area contributed by atoms with Gasteiger partial charge in [0.15, 0.2) is 0 Å². The quantitative estimate of drug-likeness (QED) is 0.0675. The molecule has 5 heterocycles. The highest BCUT2D eigenvalue weighted by atomic mass is 16.4. The summed E-state index contributed by atoms with van der Waals surface area (Å²) in [5.74, 6) is -5.89. The molecule has 0 saturated carbocycles. The van der Waals surface area contributed by atoms with E-state index in [0.717, 1.165) is 11.3 Å². The van der Waals surface area contributed by atoms with Crippen LogP contribution in [0.1, 0.15) is 70.6 Å². The first-order valence-corrected chi connectivity index (χ1v) is 20.5. The molecule has 59 heavy (non-hydrogen) atoms. The number of nitrogens with zero attached hydrogens (tertiary/aromatic N) is 5. The van der Waals surface area contributed by atoms with Gasteiger partial charge in [-0.05, 0) is 57.9 Å². The van der Waals surface area contributed by atoms with Crippen molar-refractivity contribution in [3.05, 3.63) is 0 Å². The SMILES string of the molecule is NCCCC[C@H](N)C(=O)N1CCC[C@H]1C(=O)NCC(=O)N1C[C@H](O)C[C@H]1C(=O)N1CCC[C@H]1C(=O)NCC(=O)N1C[C@H](O)C[C@H]1C(=O)N1CCC[C@H]1C(=O)NCC(=O)O. The van der Waals surface area contributed by atoms with Crippen molar-refractivity contribution < 1.29 is 58.5 Å². The van der Waals surface area contributed by atoms with E-state index in [-0.39, 0.29) is 51.3 Å². The zero-order valence-electron chi connectivity index (χ0n) is 33.2. The van der Waals surface area contributed by atoms with Crippen LogP contribution in [-0.4, -0.2) is 200 Å². The Labute approximate surface area is 341 Å². The second-order valence-corrected chi connectivity index (χ2v) is 15.9. The first-order valence-electron chi connectivity index (χ1n) is 20.5. The second-order valence-electron chi connectivity index (χ2n) is 15.9. The Kier molecular flexibility index (Phi) is 15.6. The largest absolute Gasteiger partial charge is 0.480 e. The number of carboxylic acids is 1. The number of unbranched alkanes of at least 4 members (excludes halogenated alkanes) is 1. The van der Waals surface area contributed by atoms with E-state index in [1.807, 2.05) is 0 Å². The Morgan fingerprint density at radius 3 is 1.41 bits per heavy atom. The van der Waals surface area contributed by atoms with Crippen LogP contribution in [0.3, 0.4) is 0 Å². The van der Waals surface area contributed by atoms with Crippen molar-refractivity contribution in [3.8, 4) is 0 Å². The second kappa shape index (κ2) is 20.4. The third kappa shape index (κ3) is 10.8. The van der Waals surface area contributed by atoms with Crippen LogP contribution in [-0.2, 0) is 43.2 Å². The highest BCUT2D eigenvalue weighted by Crippen LogP contribution is 2.28. The fourth-order valence-electron chi connectivity index (χ4n) is 8.83. The van der Waals surface area contributed by atoms with E-state index < -0.39 is 115 Å². The van der Waals surface area contributed by atoms with Gasteiger partial charge in [0.05, 0.1) is 31.3 Å². The molecule has 0 spiro atoms. The van der Waals surface area contributed by atoms with Gasteiger partial charge >= 0.3 is 5.97 Å². The molecule has 0 aliphatic carbocycles. The maximum atomic E-state index is 13.9. The van der Waals surface area contributed by atoms with Crippen LogP contribution in [0, 0.1) is 0 Å². The molecule has 5 saturated heterocycles. The van der Waals surface area contributed by atoms with Crippen molar-refractivity contribution in [2.75, 3.05) is 58.9 Å². The Morgan fingerprint density at radius 2 is 0.983 bits per heavy atom. The van der Waals surface area contributed by atoms with Crippen LogP contribution in [0.2, 0.25) is 0 Å². The molecule has 22 nitrogen and oxygen atoms in total. The lowest BCUT2D eigenvalue weighted by molar-refractivity contribution is -0.148. The van der Waals surface area contributed by atoms with Crippen molar-refractivity contribution in [2.45, 2.75) is 119 Å². The average molecular weight is 835 g/mol. The molecule has 0 radical (unpaired) electrons. The third-order valence-corrected chi connectivity index (χ3v) is 11.8. The van der Waals surface area contributed by atoms with Gasteiger partial charge in [-0.2, -0.15) is 0 Å². The van der Waals surface area contributed by atoms with Crippen molar-refractivity contribution in [2.24, 2.45) is 11.5 Å². The number of carbonyl (C=O) groups excluding carboxylic acids is 8. The molecule has 0 aromatic rings. The average Bonchev–Trinajstić information content (AvgIpc) is 4.07. The molecule has 0 unspecified atom stereocenters. The molecule has 5 aliphatic rings. The molecule has 0 aromatic heterocycles. The molecule has 8 atom stereocenters. The van der Waals surface area contributed by atoms with Gasteiger partial charge in [-0.25, -0.2) is 0 Å². The monoisotopic (exact) mass is 834 g/mol. The van der Waals surface area contributed by atoms with E-state index in [1.165, 1.54) is 19.6 Å². The lowest BCUT2D eigenvalue weighted by Crippen LogP contribution is -2.56. The number of nitrogens with one attached hydrogen (secondary N) is 3. The Hall–Kier alpha value is -4.93. The summed E-state index contributed by atoms with van der Waals surface area (Å²) in [6.45, 7) is -0.854. The van der Waals surface area contributed by atoms with Crippen molar-refractivity contribution in [1.29, 1.82) is 0 Å². The number of hydrogen-bond acceptors (Lipinski definition) is 13. The van der Waals surface area contributed by atoms with Gasteiger partial charge in [-0.1, -0.05) is 6.42 Å². The van der Waals surface area contributed by atoms with Gasteiger partial charge in [0.1, 0.15) is 36.8 Å². The smallest absolute Gasteiger partial charge is 0.322 e. The van der Waals surface area contributed by atoms with Gasteiger partial charge < -0.3 is 67.2 Å². The summed E-state index contributed by atoms with van der Waals surface area (Å²) >= 11 is 0. The molecular weight excluding hydrogens is 776 g/mol. The zero-order valence-corrected chi connectivity index (χ0v) is 33.2. The summed E-state index contributed by atoms with van der Waals surface area (Å²) in [6.07, 6.45) is 1.98. The number of carbonyl (C=O) groups is 9. The standard InChI is InChI=1S/C37H58N10O12/c38-10-2-1-6-23(39)35(57)43-11-3-7-24(43)32(54)40-16-29(50)46-19-21(48)14-27(46)36(58)44-12-4-8-25(44)33(55)41-17-30(51)47-20-22(49)15-28(47)37(59)45-13-5-9-26(45)34(56)42-18-31(52)53/h21-28,48-49H,1-20,38-39H2,(H,40,54)(H,41,55)(H,42,56)(H,52,53)/t21-,22-,23+,24+,25+,26+,27+,28+/m1/s1. The number of amides is 8. The summed E-state index contributed by atoms with van der Waals surface area (Å²) in [5, 5.41) is 37.2. The van der Waals surface area contributed by atoms with Gasteiger partial charge in [-0.3, -0.25) is 43.2 Å². The molecule has 5 rings (SSSR count). The van der Waals surface area contributed by atoms with Crippen LogP contribution >= 0.6 is 0 Å². The number of β-amino-alcohol motifs (C(OH)–C–C–N with tert-alkyl or cyclic N) is 2. The van der Waals surface area contributed by atoms with Gasteiger partial charge in [0, 0.05) is 45.6 Å². The molecule has 8 amide bonds. The number of aliphatic hydroxyl groups is 2. The van der Waals surface area contributed by atoms with E-state index in [1.54, 1.807) is 0 Å². The molecule has 328 valence electrons. The van der Waals surface area contributed by atoms with Gasteiger partial charge in [0.25, 0.3) is 0 Å². The Morgan fingerprint density at radius 1 is 0.576 bits per heavy atom. The zero-order chi connectivity index (χ0) is 43.0. The van der Waals surface area contributed by atoms with E-state index in [9.17, 15) is 53.4 Å². The van der Waals surface area contributed by atoms with E-state index >= 15 is 0 Å². The lowest BCUT2D eigenvalue weighted by Gasteiger charge is -2.32. The summed E-state index contributed by atoms with van der Waals surface area (Å²) in [7, 11) is 0. The Balaban J connectivity index is 1.14.